The Morgan fingerprint density at radius 3 is 1.16 bits per heavy atom. The molecule has 3 aromatic heterocycles. The summed E-state index contributed by atoms with van der Waals surface area (Å²) in [7, 11) is 0. The number of benzene rings is 3. The van der Waals surface area contributed by atoms with Gasteiger partial charge in [-0.15, -0.1) is 95.7 Å². The minimum Gasteiger partial charge on any atom is -0.353 e. The maximum absolute atomic E-state index is 4.28. The molecule has 0 unspecified atom stereocenters. The third kappa shape index (κ3) is 13.3. The molecular formula is C42H38IrN6-4. The van der Waals surface area contributed by atoms with Crippen LogP contribution in [-0.4, -0.2) is 33.6 Å². The van der Waals surface area contributed by atoms with Crippen molar-refractivity contribution >= 4 is 35.7 Å². The molecule has 0 saturated heterocycles. The van der Waals surface area contributed by atoms with Crippen molar-refractivity contribution < 1.29 is 20.1 Å². The first-order valence-corrected chi connectivity index (χ1v) is 15.9. The van der Waals surface area contributed by atoms with Gasteiger partial charge in [0.05, 0.1) is 0 Å². The van der Waals surface area contributed by atoms with Crippen LogP contribution in [0.15, 0.2) is 143 Å². The molecule has 7 heteroatoms. The Hall–Kier alpha value is -5.36. The van der Waals surface area contributed by atoms with Gasteiger partial charge in [-0.1, -0.05) is 50.2 Å². The molecule has 249 valence electrons. The zero-order valence-corrected chi connectivity index (χ0v) is 30.3. The van der Waals surface area contributed by atoms with Gasteiger partial charge in [-0.2, -0.15) is 6.92 Å². The second kappa shape index (κ2) is 22.3. The molecule has 0 bridgehead atoms. The van der Waals surface area contributed by atoms with E-state index in [0.29, 0.717) is 0 Å². The molecular weight excluding hydrogens is 781 g/mol. The van der Waals surface area contributed by atoms with Crippen molar-refractivity contribution in [2.45, 2.75) is 33.6 Å². The molecule has 3 aromatic carbocycles. The van der Waals surface area contributed by atoms with Gasteiger partial charge in [-0.25, -0.2) is 0 Å². The molecule has 0 aliphatic carbocycles. The maximum atomic E-state index is 4.28. The third-order valence-electron chi connectivity index (χ3n) is 6.43. The predicted molar refractivity (Wildman–Crippen MR) is 201 cm³/mol. The molecule has 0 atom stereocenters. The Balaban J connectivity index is 0.000000197. The Labute approximate surface area is 304 Å². The van der Waals surface area contributed by atoms with Crippen molar-refractivity contribution in [3.8, 4) is 33.8 Å². The van der Waals surface area contributed by atoms with Gasteiger partial charge in [0.2, 0.25) is 0 Å². The summed E-state index contributed by atoms with van der Waals surface area (Å²) in [6.45, 7) is 6.07. The van der Waals surface area contributed by atoms with Crippen molar-refractivity contribution in [3.05, 3.63) is 152 Å². The fourth-order valence-corrected chi connectivity index (χ4v) is 4.09. The summed E-state index contributed by atoms with van der Waals surface area (Å²) in [6.07, 6.45) is 14.7. The van der Waals surface area contributed by atoms with Crippen LogP contribution in [-0.2, 0) is 20.1 Å². The Kier molecular flexibility index (Phi) is 17.3. The molecule has 49 heavy (non-hydrogen) atoms. The van der Waals surface area contributed by atoms with E-state index in [1.807, 2.05) is 135 Å². The number of aromatic nitrogens is 3. The molecule has 0 spiro atoms. The SMILES string of the molecule is CCC=Nc1c[c-]c(-c2ccccn2)cc1.CCC=Nc1c[c-]c(-c2ccccn2)cc1.C[CH-]C=Nc1c[c-]c(-c2ccccn2)cc1.[Ir]. The van der Waals surface area contributed by atoms with E-state index in [1.165, 1.54) is 0 Å². The van der Waals surface area contributed by atoms with Gasteiger partial charge >= 0.3 is 0 Å². The second-order valence-corrected chi connectivity index (χ2v) is 10.1. The minimum atomic E-state index is 0. The normalized spacial score (nSPS) is 10.5. The summed E-state index contributed by atoms with van der Waals surface area (Å²) >= 11 is 0. The average Bonchev–Trinajstić information content (AvgIpc) is 3.17. The summed E-state index contributed by atoms with van der Waals surface area (Å²) in [5.41, 5.74) is 8.55. The van der Waals surface area contributed by atoms with Gasteiger partial charge < -0.3 is 36.3 Å². The predicted octanol–water partition coefficient (Wildman–Crippen LogP) is 10.8. The molecule has 0 aliphatic heterocycles. The summed E-state index contributed by atoms with van der Waals surface area (Å²) in [5, 5.41) is 0. The molecule has 6 nitrogen and oxygen atoms in total. The number of rotatable bonds is 9. The summed E-state index contributed by atoms with van der Waals surface area (Å²) in [5.74, 6) is 0. The van der Waals surface area contributed by atoms with Crippen molar-refractivity contribution in [1.82, 2.24) is 15.0 Å². The first-order chi connectivity index (χ1) is 23.7. The molecule has 6 aromatic rings. The van der Waals surface area contributed by atoms with Crippen molar-refractivity contribution in [1.29, 1.82) is 0 Å². The van der Waals surface area contributed by atoms with Crippen molar-refractivity contribution in [3.63, 3.8) is 0 Å². The maximum Gasteiger partial charge on any atom is 0.0160 e. The topological polar surface area (TPSA) is 75.8 Å². The van der Waals surface area contributed by atoms with Gasteiger partial charge in [0.25, 0.3) is 0 Å². The van der Waals surface area contributed by atoms with E-state index in [-0.39, 0.29) is 20.1 Å². The molecule has 0 amide bonds. The van der Waals surface area contributed by atoms with E-state index in [2.05, 4.69) is 62.0 Å². The Morgan fingerprint density at radius 1 is 0.531 bits per heavy atom. The largest absolute Gasteiger partial charge is 0.353 e. The van der Waals surface area contributed by atoms with Crippen LogP contribution >= 0.6 is 0 Å². The smallest absolute Gasteiger partial charge is 0.0160 e. The van der Waals surface area contributed by atoms with Crippen molar-refractivity contribution in [2.24, 2.45) is 15.0 Å². The zero-order chi connectivity index (χ0) is 33.7. The van der Waals surface area contributed by atoms with E-state index in [4.69, 9.17) is 0 Å². The second-order valence-electron chi connectivity index (χ2n) is 10.1. The fourth-order valence-electron chi connectivity index (χ4n) is 4.09. The van der Waals surface area contributed by atoms with Crippen LogP contribution in [0.4, 0.5) is 17.1 Å². The summed E-state index contributed by atoms with van der Waals surface area (Å²) in [4.78, 5) is 25.6. The van der Waals surface area contributed by atoms with Crippen LogP contribution in [0, 0.1) is 24.6 Å². The fraction of sp³-hybridized carbons (Fsp3) is 0.119. The average molecular weight is 819 g/mol. The molecule has 0 aliphatic rings. The van der Waals surface area contributed by atoms with Crippen LogP contribution in [0.2, 0.25) is 0 Å². The molecule has 6 rings (SSSR count). The van der Waals surface area contributed by atoms with Gasteiger partial charge in [-0.3, -0.25) is 0 Å². The van der Waals surface area contributed by atoms with Crippen LogP contribution in [0.3, 0.4) is 0 Å². The van der Waals surface area contributed by atoms with E-state index < -0.39 is 0 Å². The number of nitrogens with zero attached hydrogens (tertiary/aromatic N) is 6. The van der Waals surface area contributed by atoms with Crippen LogP contribution in [0.5, 0.6) is 0 Å². The first-order valence-electron chi connectivity index (χ1n) is 15.9. The van der Waals surface area contributed by atoms with Crippen LogP contribution < -0.4 is 0 Å². The Bertz CT molecular complexity index is 1600. The number of aliphatic imine (C=N–C) groups is 3. The summed E-state index contributed by atoms with van der Waals surface area (Å²) < 4.78 is 0. The van der Waals surface area contributed by atoms with E-state index >= 15 is 0 Å². The van der Waals surface area contributed by atoms with E-state index in [1.54, 1.807) is 24.8 Å². The monoisotopic (exact) mass is 819 g/mol. The number of hydrogen-bond acceptors (Lipinski definition) is 6. The van der Waals surface area contributed by atoms with Crippen molar-refractivity contribution in [2.75, 3.05) is 0 Å². The summed E-state index contributed by atoms with van der Waals surface area (Å²) in [6, 6.07) is 44.6. The van der Waals surface area contributed by atoms with Crippen LogP contribution in [0.1, 0.15) is 33.6 Å². The first kappa shape index (κ1) is 38.1. The van der Waals surface area contributed by atoms with Gasteiger partial charge in [0.15, 0.2) is 0 Å². The van der Waals surface area contributed by atoms with E-state index in [0.717, 1.165) is 63.7 Å². The standard InChI is InChI=1S/2C14H13N2.C14H12N2.Ir/c3*1-2-10-15-13-8-6-12(7-9-13)14-5-3-4-11-16-14;/h2*3-6,8-11H,2H2,1H3;2-6,8-11H,1H3;/q2*-1;-2;. The number of hydrogen-bond donors (Lipinski definition) is 0. The van der Waals surface area contributed by atoms with Gasteiger partial charge in [0.1, 0.15) is 0 Å². The number of pyridine rings is 3. The zero-order valence-electron chi connectivity index (χ0n) is 27.9. The van der Waals surface area contributed by atoms with E-state index in [9.17, 15) is 0 Å². The molecule has 1 radical (unpaired) electrons. The quantitative estimate of drug-likeness (QED) is 0.108. The van der Waals surface area contributed by atoms with Gasteiger partial charge in [-0.05, 0) is 77.6 Å². The molecule has 0 saturated carbocycles. The Morgan fingerprint density at radius 2 is 0.898 bits per heavy atom. The molecule has 3 heterocycles. The van der Waals surface area contributed by atoms with Crippen LogP contribution in [0.25, 0.3) is 33.8 Å². The van der Waals surface area contributed by atoms with Gasteiger partial charge in [0, 0.05) is 38.7 Å². The molecule has 0 N–H and O–H groups in total. The molecule has 0 fully saturated rings. The third-order valence-corrected chi connectivity index (χ3v) is 6.43. The minimum absolute atomic E-state index is 0.